The fourth-order valence-corrected chi connectivity index (χ4v) is 6.85. The first-order valence-electron chi connectivity index (χ1n) is 10.1. The van der Waals surface area contributed by atoms with Crippen LogP contribution in [0.3, 0.4) is 0 Å². The van der Waals surface area contributed by atoms with Crippen molar-refractivity contribution in [3.8, 4) is 10.6 Å². The van der Waals surface area contributed by atoms with Gasteiger partial charge in [-0.25, -0.2) is 13.4 Å². The third-order valence-corrected chi connectivity index (χ3v) is 9.34. The Bertz CT molecular complexity index is 1200. The van der Waals surface area contributed by atoms with Gasteiger partial charge < -0.3 is 4.74 Å². The summed E-state index contributed by atoms with van der Waals surface area (Å²) in [5.41, 5.74) is -0.380. The summed E-state index contributed by atoms with van der Waals surface area (Å²) in [5, 5.41) is 1.98. The molecule has 32 heavy (non-hydrogen) atoms. The molecule has 1 aromatic carbocycles. The fourth-order valence-electron chi connectivity index (χ4n) is 4.04. The first-order valence-corrected chi connectivity index (χ1v) is 13.3. The molecule has 1 saturated heterocycles. The number of piperidine rings is 1. The summed E-state index contributed by atoms with van der Waals surface area (Å²) >= 11 is 5.03. The van der Waals surface area contributed by atoms with Crippen LogP contribution in [0.5, 0.6) is 0 Å². The smallest absolute Gasteiger partial charge is 0.241 e. The molecule has 0 amide bonds. The minimum absolute atomic E-state index is 0.212. The quantitative estimate of drug-likeness (QED) is 0.507. The molecule has 0 aliphatic carbocycles. The van der Waals surface area contributed by atoms with Crippen molar-refractivity contribution in [1.29, 1.82) is 0 Å². The van der Waals surface area contributed by atoms with Crippen LogP contribution in [0.2, 0.25) is 0 Å². The molecule has 3 aromatic rings. The standard InChI is InChI=1S/C22H25BrN4O3S2/c1-21(30-3)15-22(9-10-27(21)2,26-32(28,29)17-7-5-4-6-8-17)20-13-24-12-18(25-20)19-11-16(23)14-31-19/h4-8,11-14,26H,9-10,15H2,1-3H3. The van der Waals surface area contributed by atoms with Crippen molar-refractivity contribution in [3.63, 3.8) is 0 Å². The Morgan fingerprint density at radius 2 is 2.00 bits per heavy atom. The molecule has 7 nitrogen and oxygen atoms in total. The number of ether oxygens (including phenoxy) is 1. The molecular weight excluding hydrogens is 512 g/mol. The number of hydrogen-bond acceptors (Lipinski definition) is 7. The van der Waals surface area contributed by atoms with Gasteiger partial charge >= 0.3 is 0 Å². The van der Waals surface area contributed by atoms with Gasteiger partial charge in [0.1, 0.15) is 5.72 Å². The number of hydrogen-bond donors (Lipinski definition) is 1. The second-order valence-corrected chi connectivity index (χ2v) is 11.7. The van der Waals surface area contributed by atoms with Gasteiger partial charge in [0.25, 0.3) is 0 Å². The second kappa shape index (κ2) is 8.92. The summed E-state index contributed by atoms with van der Waals surface area (Å²) < 4.78 is 36.6. The minimum Gasteiger partial charge on any atom is -0.364 e. The van der Waals surface area contributed by atoms with Crippen molar-refractivity contribution < 1.29 is 13.2 Å². The predicted molar refractivity (Wildman–Crippen MR) is 129 cm³/mol. The number of nitrogens with zero attached hydrogens (tertiary/aromatic N) is 3. The van der Waals surface area contributed by atoms with E-state index in [4.69, 9.17) is 9.72 Å². The molecule has 3 heterocycles. The largest absolute Gasteiger partial charge is 0.364 e. The van der Waals surface area contributed by atoms with Crippen LogP contribution in [0.1, 0.15) is 25.5 Å². The third-order valence-electron chi connectivity index (χ3n) is 6.08. The van der Waals surface area contributed by atoms with Crippen molar-refractivity contribution >= 4 is 37.3 Å². The van der Waals surface area contributed by atoms with E-state index >= 15 is 0 Å². The van der Waals surface area contributed by atoms with Crippen LogP contribution in [0.4, 0.5) is 0 Å². The Morgan fingerprint density at radius 3 is 2.66 bits per heavy atom. The molecule has 1 aliphatic heterocycles. The van der Waals surface area contributed by atoms with Gasteiger partial charge in [-0.15, -0.1) is 11.3 Å². The third kappa shape index (κ3) is 4.52. The number of halogens is 1. The summed E-state index contributed by atoms with van der Waals surface area (Å²) in [6.45, 7) is 2.59. The Morgan fingerprint density at radius 1 is 1.25 bits per heavy atom. The van der Waals surface area contributed by atoms with E-state index in [1.165, 1.54) is 0 Å². The van der Waals surface area contributed by atoms with Gasteiger partial charge in [0.15, 0.2) is 0 Å². The maximum Gasteiger partial charge on any atom is 0.241 e. The minimum atomic E-state index is -3.81. The van der Waals surface area contributed by atoms with E-state index in [-0.39, 0.29) is 4.90 Å². The molecule has 4 rings (SSSR count). The Kier molecular flexibility index (Phi) is 6.54. The van der Waals surface area contributed by atoms with E-state index in [1.54, 1.807) is 61.2 Å². The zero-order chi connectivity index (χ0) is 23.0. The normalized spacial score (nSPS) is 24.5. The van der Waals surface area contributed by atoms with Crippen molar-refractivity contribution in [2.24, 2.45) is 0 Å². The van der Waals surface area contributed by atoms with E-state index in [2.05, 4.69) is 30.5 Å². The first kappa shape index (κ1) is 23.5. The Labute approximate surface area is 201 Å². The Balaban J connectivity index is 1.82. The molecule has 1 aliphatic rings. The monoisotopic (exact) mass is 536 g/mol. The van der Waals surface area contributed by atoms with Gasteiger partial charge in [-0.2, -0.15) is 4.72 Å². The average Bonchev–Trinajstić information content (AvgIpc) is 3.23. The van der Waals surface area contributed by atoms with Gasteiger partial charge in [0.05, 0.1) is 39.1 Å². The van der Waals surface area contributed by atoms with E-state index in [0.717, 1.165) is 9.35 Å². The molecule has 0 spiro atoms. The number of thiophene rings is 1. The molecule has 0 radical (unpaired) electrons. The average molecular weight is 538 g/mol. The van der Waals surface area contributed by atoms with Crippen molar-refractivity contribution in [1.82, 2.24) is 19.6 Å². The van der Waals surface area contributed by atoms with Crippen LogP contribution >= 0.6 is 27.3 Å². The first-order chi connectivity index (χ1) is 15.2. The summed E-state index contributed by atoms with van der Waals surface area (Å²) in [6.07, 6.45) is 4.26. The fraction of sp³-hybridized carbons (Fsp3) is 0.364. The van der Waals surface area contributed by atoms with Crippen LogP contribution in [-0.4, -0.2) is 49.7 Å². The molecule has 1 fully saturated rings. The van der Waals surface area contributed by atoms with Gasteiger partial charge in [-0.3, -0.25) is 9.88 Å². The van der Waals surface area contributed by atoms with Crippen molar-refractivity contribution in [2.75, 3.05) is 20.7 Å². The van der Waals surface area contributed by atoms with E-state index in [0.29, 0.717) is 30.8 Å². The van der Waals surface area contributed by atoms with Crippen LogP contribution < -0.4 is 4.72 Å². The number of benzene rings is 1. The molecule has 170 valence electrons. The number of rotatable bonds is 6. The van der Waals surface area contributed by atoms with E-state index < -0.39 is 21.3 Å². The molecular formula is C22H25BrN4O3S2. The topological polar surface area (TPSA) is 84.4 Å². The lowest BCUT2D eigenvalue weighted by molar-refractivity contribution is -0.153. The molecule has 1 N–H and O–H groups in total. The summed E-state index contributed by atoms with van der Waals surface area (Å²) in [4.78, 5) is 12.6. The zero-order valence-corrected chi connectivity index (χ0v) is 21.3. The van der Waals surface area contributed by atoms with Gasteiger partial charge in [0, 0.05) is 29.9 Å². The highest BCUT2D eigenvalue weighted by molar-refractivity contribution is 9.10. The van der Waals surface area contributed by atoms with Crippen LogP contribution in [0.15, 0.2) is 63.5 Å². The molecule has 10 heteroatoms. The molecule has 0 bridgehead atoms. The summed E-state index contributed by atoms with van der Waals surface area (Å²) in [6, 6.07) is 10.4. The number of nitrogens with one attached hydrogen (secondary N) is 1. The maximum absolute atomic E-state index is 13.4. The zero-order valence-electron chi connectivity index (χ0n) is 18.1. The summed E-state index contributed by atoms with van der Waals surface area (Å²) in [5.74, 6) is 0. The Hall–Kier alpha value is -1.69. The lowest BCUT2D eigenvalue weighted by Crippen LogP contribution is -2.61. The number of methoxy groups -OCH3 is 1. The summed E-state index contributed by atoms with van der Waals surface area (Å²) in [7, 11) is -0.193. The SMILES string of the molecule is COC1(C)CC(NS(=O)(=O)c2ccccc2)(c2cncc(-c3cc(Br)cs3)n2)CCN1C. The van der Waals surface area contributed by atoms with E-state index in [1.807, 2.05) is 25.4 Å². The molecule has 2 atom stereocenters. The highest BCUT2D eigenvalue weighted by Crippen LogP contribution is 2.42. The van der Waals surface area contributed by atoms with Crippen molar-refractivity contribution in [3.05, 3.63) is 64.3 Å². The van der Waals surface area contributed by atoms with Gasteiger partial charge in [-0.1, -0.05) is 18.2 Å². The highest BCUT2D eigenvalue weighted by atomic mass is 79.9. The number of sulfonamides is 1. The number of likely N-dealkylation sites (tertiary alicyclic amines) is 1. The lowest BCUT2D eigenvalue weighted by Gasteiger charge is -2.50. The van der Waals surface area contributed by atoms with Gasteiger partial charge in [0.2, 0.25) is 10.0 Å². The van der Waals surface area contributed by atoms with Crippen LogP contribution in [-0.2, 0) is 20.3 Å². The van der Waals surface area contributed by atoms with Crippen LogP contribution in [0.25, 0.3) is 10.6 Å². The lowest BCUT2D eigenvalue weighted by atomic mass is 9.80. The highest BCUT2D eigenvalue weighted by Gasteiger charge is 2.50. The van der Waals surface area contributed by atoms with Crippen LogP contribution in [0, 0.1) is 0 Å². The second-order valence-electron chi connectivity index (χ2n) is 8.15. The number of aromatic nitrogens is 2. The molecule has 2 aromatic heterocycles. The molecule has 0 saturated carbocycles. The van der Waals surface area contributed by atoms with E-state index in [9.17, 15) is 8.42 Å². The predicted octanol–water partition coefficient (Wildman–Crippen LogP) is 4.23. The van der Waals surface area contributed by atoms with Crippen molar-refractivity contribution in [2.45, 2.75) is 35.9 Å². The molecule has 2 unspecified atom stereocenters. The van der Waals surface area contributed by atoms with Gasteiger partial charge in [-0.05, 0) is 54.5 Å². The maximum atomic E-state index is 13.4.